The fourth-order valence-corrected chi connectivity index (χ4v) is 2.23. The monoisotopic (exact) mass is 259 g/mol. The molecule has 1 fully saturated rings. The smallest absolute Gasteiger partial charge is 0.306 e. The highest BCUT2D eigenvalue weighted by molar-refractivity contribution is 6.36. The van der Waals surface area contributed by atoms with Gasteiger partial charge in [-0.25, -0.2) is 0 Å². The number of carboxylic acid groups (broad SMARTS) is 1. The lowest BCUT2D eigenvalue weighted by atomic mass is 9.80. The number of benzene rings is 1. The largest absolute Gasteiger partial charge is 0.481 e. The van der Waals surface area contributed by atoms with E-state index in [0.29, 0.717) is 22.9 Å². The Hall–Kier alpha value is -0.930. The average Bonchev–Trinajstić information content (AvgIpc) is 2.12. The Balaban J connectivity index is 1.94. The molecule has 0 amide bonds. The summed E-state index contributed by atoms with van der Waals surface area (Å²) in [6.07, 6.45) is 1.29. The molecule has 86 valence electrons. The molecule has 0 radical (unpaired) electrons. The second kappa shape index (κ2) is 4.52. The SMILES string of the molecule is O=C(O)C1CC(Nc2ccc(Cl)cc2Cl)C1. The number of hydrogen-bond donors (Lipinski definition) is 2. The summed E-state index contributed by atoms with van der Waals surface area (Å²) >= 11 is 11.8. The fraction of sp³-hybridized carbons (Fsp3) is 0.364. The average molecular weight is 260 g/mol. The van der Waals surface area contributed by atoms with Crippen LogP contribution in [-0.2, 0) is 4.79 Å². The molecule has 0 spiro atoms. The zero-order chi connectivity index (χ0) is 11.7. The molecule has 16 heavy (non-hydrogen) atoms. The topological polar surface area (TPSA) is 49.3 Å². The summed E-state index contributed by atoms with van der Waals surface area (Å²) in [6, 6.07) is 5.42. The van der Waals surface area contributed by atoms with Crippen LogP contribution < -0.4 is 5.32 Å². The minimum atomic E-state index is -0.722. The number of aliphatic carboxylic acids is 1. The molecule has 1 aromatic rings. The van der Waals surface area contributed by atoms with Gasteiger partial charge in [0.05, 0.1) is 16.6 Å². The molecule has 2 rings (SSSR count). The lowest BCUT2D eigenvalue weighted by Crippen LogP contribution is -2.39. The molecule has 3 nitrogen and oxygen atoms in total. The first-order valence-corrected chi connectivity index (χ1v) is 5.76. The number of nitrogens with one attached hydrogen (secondary N) is 1. The van der Waals surface area contributed by atoms with Gasteiger partial charge in [0.2, 0.25) is 0 Å². The highest BCUT2D eigenvalue weighted by Gasteiger charge is 2.34. The first kappa shape index (κ1) is 11.6. The number of carboxylic acids is 1. The van der Waals surface area contributed by atoms with Gasteiger partial charge in [-0.15, -0.1) is 0 Å². The van der Waals surface area contributed by atoms with E-state index in [2.05, 4.69) is 5.32 Å². The molecular weight excluding hydrogens is 249 g/mol. The Kier molecular flexibility index (Phi) is 3.26. The Labute approximate surface area is 103 Å². The third kappa shape index (κ3) is 2.42. The van der Waals surface area contributed by atoms with Crippen molar-refractivity contribution in [2.24, 2.45) is 5.92 Å². The van der Waals surface area contributed by atoms with Gasteiger partial charge in [0.25, 0.3) is 0 Å². The Morgan fingerprint density at radius 3 is 2.62 bits per heavy atom. The maximum absolute atomic E-state index is 10.6. The van der Waals surface area contributed by atoms with Crippen molar-refractivity contribution in [3.63, 3.8) is 0 Å². The Morgan fingerprint density at radius 2 is 2.06 bits per heavy atom. The molecule has 1 aliphatic carbocycles. The van der Waals surface area contributed by atoms with Crippen molar-refractivity contribution in [3.05, 3.63) is 28.2 Å². The zero-order valence-electron chi connectivity index (χ0n) is 8.41. The molecule has 0 aromatic heterocycles. The van der Waals surface area contributed by atoms with Gasteiger partial charge in [-0.3, -0.25) is 4.79 Å². The van der Waals surface area contributed by atoms with Crippen molar-refractivity contribution < 1.29 is 9.90 Å². The van der Waals surface area contributed by atoms with E-state index in [1.54, 1.807) is 18.2 Å². The van der Waals surface area contributed by atoms with Gasteiger partial charge in [0.15, 0.2) is 0 Å². The standard InChI is InChI=1S/C11H11Cl2NO2/c12-7-1-2-10(9(13)5-7)14-8-3-6(4-8)11(15)16/h1-2,5-6,8,14H,3-4H2,(H,15,16). The summed E-state index contributed by atoms with van der Waals surface area (Å²) in [5.41, 5.74) is 0.805. The van der Waals surface area contributed by atoms with Crippen LogP contribution in [0.4, 0.5) is 5.69 Å². The summed E-state index contributed by atoms with van der Waals surface area (Å²) in [6.45, 7) is 0. The second-order valence-electron chi connectivity index (χ2n) is 3.97. The highest BCUT2D eigenvalue weighted by Crippen LogP contribution is 2.33. The van der Waals surface area contributed by atoms with Gasteiger partial charge in [0, 0.05) is 11.1 Å². The summed E-state index contributed by atoms with van der Waals surface area (Å²) in [4.78, 5) is 10.6. The van der Waals surface area contributed by atoms with E-state index in [9.17, 15) is 4.79 Å². The van der Waals surface area contributed by atoms with Gasteiger partial charge < -0.3 is 10.4 Å². The van der Waals surface area contributed by atoms with E-state index >= 15 is 0 Å². The van der Waals surface area contributed by atoms with Crippen LogP contribution in [0.3, 0.4) is 0 Å². The van der Waals surface area contributed by atoms with E-state index in [1.165, 1.54) is 0 Å². The lowest BCUT2D eigenvalue weighted by Gasteiger charge is -2.33. The van der Waals surface area contributed by atoms with Gasteiger partial charge in [0.1, 0.15) is 0 Å². The molecule has 0 atom stereocenters. The van der Waals surface area contributed by atoms with Crippen molar-refractivity contribution in [1.82, 2.24) is 0 Å². The van der Waals surface area contributed by atoms with Gasteiger partial charge in [-0.1, -0.05) is 23.2 Å². The van der Waals surface area contributed by atoms with Crippen LogP contribution in [0.25, 0.3) is 0 Å². The van der Waals surface area contributed by atoms with Crippen molar-refractivity contribution in [3.8, 4) is 0 Å². The maximum Gasteiger partial charge on any atom is 0.306 e. The number of anilines is 1. The normalized spacial score (nSPS) is 23.6. The molecule has 1 aromatic carbocycles. The molecule has 1 aliphatic rings. The molecule has 0 bridgehead atoms. The highest BCUT2D eigenvalue weighted by atomic mass is 35.5. The van der Waals surface area contributed by atoms with Gasteiger partial charge in [-0.05, 0) is 31.0 Å². The number of rotatable bonds is 3. The first-order chi connectivity index (χ1) is 7.56. The van der Waals surface area contributed by atoms with Gasteiger partial charge >= 0.3 is 5.97 Å². The summed E-state index contributed by atoms with van der Waals surface area (Å²) in [5, 5.41) is 13.1. The van der Waals surface area contributed by atoms with E-state index in [-0.39, 0.29) is 12.0 Å². The molecule has 2 N–H and O–H groups in total. The quantitative estimate of drug-likeness (QED) is 0.876. The van der Waals surface area contributed by atoms with E-state index in [1.807, 2.05) is 0 Å². The Morgan fingerprint density at radius 1 is 1.38 bits per heavy atom. The van der Waals surface area contributed by atoms with Crippen LogP contribution in [0.1, 0.15) is 12.8 Å². The summed E-state index contributed by atoms with van der Waals surface area (Å²) < 4.78 is 0. The molecular formula is C11H11Cl2NO2. The summed E-state index contributed by atoms with van der Waals surface area (Å²) in [7, 11) is 0. The third-order valence-electron chi connectivity index (χ3n) is 2.78. The van der Waals surface area contributed by atoms with Crippen molar-refractivity contribution in [2.75, 3.05) is 5.32 Å². The number of carbonyl (C=O) groups is 1. The van der Waals surface area contributed by atoms with Crippen LogP contribution >= 0.6 is 23.2 Å². The van der Waals surface area contributed by atoms with Crippen LogP contribution in [0.15, 0.2) is 18.2 Å². The van der Waals surface area contributed by atoms with E-state index < -0.39 is 5.97 Å². The minimum absolute atomic E-state index is 0.194. The molecule has 0 aliphatic heterocycles. The van der Waals surface area contributed by atoms with E-state index in [4.69, 9.17) is 28.3 Å². The zero-order valence-corrected chi connectivity index (χ0v) is 9.92. The van der Waals surface area contributed by atoms with Crippen molar-refractivity contribution in [1.29, 1.82) is 0 Å². The molecule has 0 unspecified atom stereocenters. The fourth-order valence-electron chi connectivity index (χ4n) is 1.76. The van der Waals surface area contributed by atoms with Crippen LogP contribution in [0.2, 0.25) is 10.0 Å². The predicted molar refractivity (Wildman–Crippen MR) is 64.2 cm³/mol. The van der Waals surface area contributed by atoms with Crippen LogP contribution in [-0.4, -0.2) is 17.1 Å². The van der Waals surface area contributed by atoms with Crippen molar-refractivity contribution in [2.45, 2.75) is 18.9 Å². The second-order valence-corrected chi connectivity index (χ2v) is 4.82. The third-order valence-corrected chi connectivity index (χ3v) is 3.33. The van der Waals surface area contributed by atoms with Gasteiger partial charge in [-0.2, -0.15) is 0 Å². The molecule has 0 heterocycles. The summed E-state index contributed by atoms with van der Waals surface area (Å²) in [5.74, 6) is -0.941. The minimum Gasteiger partial charge on any atom is -0.481 e. The van der Waals surface area contributed by atoms with Crippen LogP contribution in [0, 0.1) is 5.92 Å². The molecule has 5 heteroatoms. The predicted octanol–water partition coefficient (Wildman–Crippen LogP) is 3.27. The van der Waals surface area contributed by atoms with Crippen molar-refractivity contribution >= 4 is 34.9 Å². The van der Waals surface area contributed by atoms with Crippen LogP contribution in [0.5, 0.6) is 0 Å². The number of hydrogen-bond acceptors (Lipinski definition) is 2. The molecule has 0 saturated heterocycles. The first-order valence-electron chi connectivity index (χ1n) is 5.00. The van der Waals surface area contributed by atoms with E-state index in [0.717, 1.165) is 5.69 Å². The number of halogens is 2. The Bertz CT molecular complexity index is 416. The molecule has 1 saturated carbocycles. The maximum atomic E-state index is 10.6. The lowest BCUT2D eigenvalue weighted by molar-refractivity contribution is -0.144.